The van der Waals surface area contributed by atoms with Crippen molar-refractivity contribution in [2.24, 2.45) is 4.99 Å². The van der Waals surface area contributed by atoms with Gasteiger partial charge in [0.2, 0.25) is 0 Å². The lowest BCUT2D eigenvalue weighted by Crippen LogP contribution is -2.17. The summed E-state index contributed by atoms with van der Waals surface area (Å²) < 4.78 is 5.40. The van der Waals surface area contributed by atoms with Crippen LogP contribution in [0.15, 0.2) is 76.0 Å². The van der Waals surface area contributed by atoms with Crippen LogP contribution in [0.1, 0.15) is 6.42 Å². The highest BCUT2D eigenvalue weighted by Crippen LogP contribution is 2.29. The molecule has 0 atom stereocenters. The van der Waals surface area contributed by atoms with Crippen molar-refractivity contribution in [2.45, 2.75) is 19.5 Å². The lowest BCUT2D eigenvalue weighted by molar-refractivity contribution is 0.559. The monoisotopic (exact) mass is 506 g/mol. The molecule has 2 aromatic carbocycles. The molecule has 0 amide bonds. The Morgan fingerprint density at radius 2 is 1.93 bits per heavy atom. The molecule has 0 bridgehead atoms. The maximum Gasteiger partial charge on any atom is 0.190 e. The van der Waals surface area contributed by atoms with Gasteiger partial charge < -0.3 is 9.13 Å². The molecular formula is C21H17BrCl2N4S. The van der Waals surface area contributed by atoms with Crippen LogP contribution in [-0.4, -0.2) is 14.1 Å². The minimum absolute atomic E-state index is 0.502. The quantitative estimate of drug-likeness (QED) is 0.282. The molecule has 0 N–H and O–H groups in total. The second-order valence-corrected chi connectivity index (χ2v) is 8.90. The first-order valence-electron chi connectivity index (χ1n) is 9.00. The molecule has 0 aliphatic carbocycles. The third-order valence-corrected chi connectivity index (χ3v) is 6.73. The number of rotatable bonds is 6. The topological polar surface area (TPSA) is 35.1 Å². The van der Waals surface area contributed by atoms with Crippen molar-refractivity contribution in [1.29, 1.82) is 0 Å². The van der Waals surface area contributed by atoms with E-state index < -0.39 is 0 Å². The molecule has 0 fully saturated rings. The predicted octanol–water partition coefficient (Wildman–Crippen LogP) is 6.81. The number of aryl methyl sites for hydroxylation is 1. The summed E-state index contributed by atoms with van der Waals surface area (Å²) in [7, 11) is 0. The molecule has 4 aromatic rings. The average Bonchev–Trinajstić information content (AvgIpc) is 3.36. The third kappa shape index (κ3) is 4.83. The van der Waals surface area contributed by atoms with Crippen LogP contribution in [0.5, 0.6) is 0 Å². The number of nitrogens with zero attached hydrogens (tertiary/aromatic N) is 4. The maximum atomic E-state index is 6.17. The van der Waals surface area contributed by atoms with Gasteiger partial charge >= 0.3 is 0 Å². The first-order valence-corrected chi connectivity index (χ1v) is 11.4. The van der Waals surface area contributed by atoms with Crippen LogP contribution in [0.25, 0.3) is 11.3 Å². The zero-order valence-corrected chi connectivity index (χ0v) is 19.2. The van der Waals surface area contributed by atoms with Gasteiger partial charge in [0.15, 0.2) is 4.80 Å². The number of hydrogen-bond acceptors (Lipinski definition) is 3. The van der Waals surface area contributed by atoms with Gasteiger partial charge in [0, 0.05) is 40.9 Å². The molecule has 0 aliphatic rings. The molecule has 4 rings (SSSR count). The van der Waals surface area contributed by atoms with Crippen molar-refractivity contribution in [1.82, 2.24) is 14.1 Å². The molecule has 0 saturated heterocycles. The van der Waals surface area contributed by atoms with Crippen LogP contribution in [-0.2, 0) is 13.1 Å². The summed E-state index contributed by atoms with van der Waals surface area (Å²) in [5.74, 6) is 0. The Bertz CT molecular complexity index is 1180. The Labute approximate surface area is 191 Å². The van der Waals surface area contributed by atoms with E-state index in [4.69, 9.17) is 28.2 Å². The standard InChI is InChI=1S/C21H17BrCl2N4S/c22-17-5-2-1-4-16(17)20-13-29-21(26-15-6-7-18(23)19(24)12-15)28(20)10-3-9-27-11-8-25-14-27/h1-2,4-8,11-14H,3,9-10H2. The van der Waals surface area contributed by atoms with Gasteiger partial charge in [-0.3, -0.25) is 0 Å². The van der Waals surface area contributed by atoms with Crippen LogP contribution < -0.4 is 4.80 Å². The fraction of sp³-hybridized carbons (Fsp3) is 0.143. The van der Waals surface area contributed by atoms with E-state index in [1.807, 2.05) is 30.7 Å². The SMILES string of the molecule is Clc1ccc(N=c2scc(-c3ccccc3Br)n2CCCn2ccnc2)cc1Cl. The van der Waals surface area contributed by atoms with Gasteiger partial charge in [-0.1, -0.05) is 57.3 Å². The third-order valence-electron chi connectivity index (χ3n) is 4.43. The van der Waals surface area contributed by atoms with Gasteiger partial charge in [0.1, 0.15) is 0 Å². The first kappa shape index (κ1) is 20.4. The second-order valence-electron chi connectivity index (χ2n) is 6.40. The summed E-state index contributed by atoms with van der Waals surface area (Å²) in [5.41, 5.74) is 3.05. The number of thiazole rings is 1. The van der Waals surface area contributed by atoms with E-state index in [1.54, 1.807) is 29.7 Å². The summed E-state index contributed by atoms with van der Waals surface area (Å²) >= 11 is 17.5. The van der Waals surface area contributed by atoms with Gasteiger partial charge in [0.05, 0.1) is 27.8 Å². The van der Waals surface area contributed by atoms with E-state index in [2.05, 4.69) is 47.6 Å². The van der Waals surface area contributed by atoms with Crippen LogP contribution in [0.3, 0.4) is 0 Å². The van der Waals surface area contributed by atoms with E-state index in [9.17, 15) is 0 Å². The van der Waals surface area contributed by atoms with Gasteiger partial charge in [-0.25, -0.2) is 9.98 Å². The molecule has 0 aliphatic heterocycles. The zero-order chi connectivity index (χ0) is 20.2. The highest BCUT2D eigenvalue weighted by molar-refractivity contribution is 9.10. The van der Waals surface area contributed by atoms with Crippen molar-refractivity contribution in [2.75, 3.05) is 0 Å². The molecule has 2 heterocycles. The molecule has 148 valence electrons. The minimum atomic E-state index is 0.502. The minimum Gasteiger partial charge on any atom is -0.337 e. The maximum absolute atomic E-state index is 6.17. The van der Waals surface area contributed by atoms with Crippen LogP contribution >= 0.6 is 50.5 Å². The largest absolute Gasteiger partial charge is 0.337 e. The summed E-state index contributed by atoms with van der Waals surface area (Å²) in [6, 6.07) is 13.7. The van der Waals surface area contributed by atoms with Crippen LogP contribution in [0.2, 0.25) is 10.0 Å². The Kier molecular flexibility index (Phi) is 6.55. The van der Waals surface area contributed by atoms with Gasteiger partial charge in [-0.2, -0.15) is 0 Å². The molecule has 0 spiro atoms. The lowest BCUT2D eigenvalue weighted by Gasteiger charge is -2.11. The highest BCUT2D eigenvalue weighted by atomic mass is 79.9. The summed E-state index contributed by atoms with van der Waals surface area (Å²) in [4.78, 5) is 9.87. The van der Waals surface area contributed by atoms with E-state index in [0.29, 0.717) is 10.0 Å². The smallest absolute Gasteiger partial charge is 0.190 e. The molecule has 0 unspecified atom stereocenters. The zero-order valence-electron chi connectivity index (χ0n) is 15.3. The second kappa shape index (κ2) is 9.30. The van der Waals surface area contributed by atoms with E-state index >= 15 is 0 Å². The van der Waals surface area contributed by atoms with Crippen molar-refractivity contribution >= 4 is 56.2 Å². The number of hydrogen-bond donors (Lipinski definition) is 0. The Morgan fingerprint density at radius 3 is 2.69 bits per heavy atom. The summed E-state index contributed by atoms with van der Waals surface area (Å²) in [5, 5.41) is 3.18. The number of imidazole rings is 1. The molecule has 4 nitrogen and oxygen atoms in total. The first-order chi connectivity index (χ1) is 14.1. The molecule has 0 saturated carbocycles. The normalized spacial score (nSPS) is 11.9. The lowest BCUT2D eigenvalue weighted by atomic mass is 10.2. The molecular weight excluding hydrogens is 491 g/mol. The van der Waals surface area contributed by atoms with Crippen molar-refractivity contribution in [3.8, 4) is 11.3 Å². The Balaban J connectivity index is 1.73. The molecule has 29 heavy (non-hydrogen) atoms. The van der Waals surface area contributed by atoms with Crippen LogP contribution in [0, 0.1) is 0 Å². The number of halogens is 3. The van der Waals surface area contributed by atoms with Gasteiger partial charge in [0.25, 0.3) is 0 Å². The highest BCUT2D eigenvalue weighted by Gasteiger charge is 2.11. The van der Waals surface area contributed by atoms with Gasteiger partial charge in [-0.05, 0) is 30.7 Å². The molecule has 8 heteroatoms. The predicted molar refractivity (Wildman–Crippen MR) is 124 cm³/mol. The number of benzene rings is 2. The molecule has 0 radical (unpaired) electrons. The molecule has 2 aromatic heterocycles. The van der Waals surface area contributed by atoms with E-state index in [1.165, 1.54) is 0 Å². The van der Waals surface area contributed by atoms with Crippen molar-refractivity contribution in [3.05, 3.63) is 85.9 Å². The summed E-state index contributed by atoms with van der Waals surface area (Å²) in [6.45, 7) is 1.73. The fourth-order valence-electron chi connectivity index (χ4n) is 3.01. The van der Waals surface area contributed by atoms with Crippen molar-refractivity contribution in [3.63, 3.8) is 0 Å². The van der Waals surface area contributed by atoms with E-state index in [-0.39, 0.29) is 0 Å². The number of aromatic nitrogens is 3. The van der Waals surface area contributed by atoms with Crippen molar-refractivity contribution < 1.29 is 0 Å². The Morgan fingerprint density at radius 1 is 1.07 bits per heavy atom. The fourth-order valence-corrected chi connectivity index (χ4v) is 4.74. The van der Waals surface area contributed by atoms with Gasteiger partial charge in [-0.15, -0.1) is 11.3 Å². The van der Waals surface area contributed by atoms with Crippen LogP contribution in [0.4, 0.5) is 5.69 Å². The summed E-state index contributed by atoms with van der Waals surface area (Å²) in [6.07, 6.45) is 6.58. The Hall–Kier alpha value is -1.86. The average molecular weight is 508 g/mol. The van der Waals surface area contributed by atoms with E-state index in [0.717, 1.165) is 45.7 Å².